The minimum atomic E-state index is 0.598. The third-order valence-corrected chi connectivity index (χ3v) is 1.47. The molecular weight excluding hydrogens is 126 g/mol. The summed E-state index contributed by atoms with van der Waals surface area (Å²) in [5.41, 5.74) is 7.56. The number of benzene rings is 1. The molecule has 1 heterocycles. The lowest BCUT2D eigenvalue weighted by atomic mass is 10.3. The molecule has 0 amide bonds. The molecule has 0 radical (unpaired) electrons. The van der Waals surface area contributed by atoms with Gasteiger partial charge in [-0.2, -0.15) is 0 Å². The van der Waals surface area contributed by atoms with E-state index in [2.05, 4.69) is 9.97 Å². The normalized spacial score (nSPS) is 10.4. The first kappa shape index (κ1) is 5.29. The topological polar surface area (TPSA) is 56.0 Å². The molecule has 1 aromatic heterocycles. The van der Waals surface area contributed by atoms with Crippen LogP contribution < -0.4 is 10.7 Å². The number of H-pyrrole nitrogens is 2. The quantitative estimate of drug-likeness (QED) is 0.543. The molecule has 0 saturated carbocycles. The van der Waals surface area contributed by atoms with E-state index in [-0.39, 0.29) is 0 Å². The molecule has 3 heteroatoms. The van der Waals surface area contributed by atoms with E-state index >= 15 is 0 Å². The van der Waals surface area contributed by atoms with Gasteiger partial charge in [0.05, 0.1) is 0 Å². The lowest BCUT2D eigenvalue weighted by molar-refractivity contribution is -0.325. The Balaban J connectivity index is 2.88. The van der Waals surface area contributed by atoms with Crippen molar-refractivity contribution in [2.45, 2.75) is 0 Å². The molecule has 0 saturated heterocycles. The Bertz CT molecular complexity index is 317. The van der Waals surface area contributed by atoms with E-state index in [0.29, 0.717) is 5.95 Å². The Hall–Kier alpha value is -1.51. The highest BCUT2D eigenvalue weighted by atomic mass is 15.0. The maximum absolute atomic E-state index is 5.48. The van der Waals surface area contributed by atoms with Gasteiger partial charge in [0.2, 0.25) is 0 Å². The average Bonchev–Trinajstić information content (AvgIpc) is 2.27. The number of hydrogen-bond acceptors (Lipinski definition) is 1. The highest BCUT2D eigenvalue weighted by Gasteiger charge is 2.00. The highest BCUT2D eigenvalue weighted by Crippen LogP contribution is 2.05. The zero-order chi connectivity index (χ0) is 6.97. The van der Waals surface area contributed by atoms with E-state index in [1.807, 2.05) is 24.3 Å². The minimum absolute atomic E-state index is 0.598. The number of anilines is 1. The van der Waals surface area contributed by atoms with Crippen LogP contribution in [0.5, 0.6) is 0 Å². The van der Waals surface area contributed by atoms with Crippen LogP contribution in [-0.4, -0.2) is 4.98 Å². The molecule has 4 N–H and O–H groups in total. The Morgan fingerprint density at radius 3 is 2.90 bits per heavy atom. The van der Waals surface area contributed by atoms with Crippen molar-refractivity contribution in [1.82, 2.24) is 4.98 Å². The van der Waals surface area contributed by atoms with E-state index in [1.165, 1.54) is 0 Å². The van der Waals surface area contributed by atoms with Crippen molar-refractivity contribution in [3.8, 4) is 0 Å². The molecule has 2 aromatic rings. The highest BCUT2D eigenvalue weighted by molar-refractivity contribution is 5.71. The lowest BCUT2D eigenvalue weighted by Crippen LogP contribution is -2.04. The van der Waals surface area contributed by atoms with Crippen molar-refractivity contribution in [2.75, 3.05) is 5.73 Å². The van der Waals surface area contributed by atoms with Crippen molar-refractivity contribution in [3.05, 3.63) is 24.3 Å². The molecule has 10 heavy (non-hydrogen) atoms. The fraction of sp³-hybridized carbons (Fsp3) is 0. The monoisotopic (exact) mass is 134 g/mol. The second-order valence-corrected chi connectivity index (χ2v) is 2.21. The predicted molar refractivity (Wildman–Crippen MR) is 39.3 cm³/mol. The lowest BCUT2D eigenvalue weighted by Gasteiger charge is -1.77. The standard InChI is InChI=1S/C7H7N3/c8-7-9-5-3-1-2-4-6(5)10-7/h1-4H,(H3,8,9,10)/p+1. The van der Waals surface area contributed by atoms with Gasteiger partial charge in [-0.05, 0) is 12.1 Å². The van der Waals surface area contributed by atoms with Gasteiger partial charge in [-0.3, -0.25) is 5.73 Å². The molecule has 0 atom stereocenters. The summed E-state index contributed by atoms with van der Waals surface area (Å²) >= 11 is 0. The van der Waals surface area contributed by atoms with Crippen LogP contribution in [0, 0.1) is 0 Å². The number of aromatic amines is 2. The van der Waals surface area contributed by atoms with Crippen molar-refractivity contribution in [1.29, 1.82) is 0 Å². The number of aromatic nitrogens is 2. The first-order chi connectivity index (χ1) is 4.86. The van der Waals surface area contributed by atoms with Crippen LogP contribution in [0.2, 0.25) is 0 Å². The van der Waals surface area contributed by atoms with Crippen LogP contribution in [0.25, 0.3) is 11.0 Å². The predicted octanol–water partition coefficient (Wildman–Crippen LogP) is 0.564. The number of para-hydroxylation sites is 2. The Kier molecular flexibility index (Phi) is 0.917. The van der Waals surface area contributed by atoms with E-state index in [0.717, 1.165) is 11.0 Å². The summed E-state index contributed by atoms with van der Waals surface area (Å²) in [5.74, 6) is 0.598. The number of nitrogens with two attached hydrogens (primary N) is 1. The summed E-state index contributed by atoms with van der Waals surface area (Å²) in [6.45, 7) is 0. The third-order valence-electron chi connectivity index (χ3n) is 1.47. The second kappa shape index (κ2) is 1.73. The van der Waals surface area contributed by atoms with Crippen LogP contribution in [-0.2, 0) is 0 Å². The molecule has 1 aromatic carbocycles. The molecule has 0 spiro atoms. The number of imidazole rings is 1. The second-order valence-electron chi connectivity index (χ2n) is 2.21. The summed E-state index contributed by atoms with van der Waals surface area (Å²) < 4.78 is 0. The van der Waals surface area contributed by atoms with Gasteiger partial charge in [0.15, 0.2) is 0 Å². The number of rotatable bonds is 0. The van der Waals surface area contributed by atoms with Gasteiger partial charge in [-0.25, -0.2) is 9.97 Å². The maximum atomic E-state index is 5.48. The zero-order valence-electron chi connectivity index (χ0n) is 5.39. The first-order valence-corrected chi connectivity index (χ1v) is 3.12. The fourth-order valence-electron chi connectivity index (χ4n) is 1.02. The van der Waals surface area contributed by atoms with Gasteiger partial charge in [0.25, 0.3) is 0 Å². The number of nitrogen functional groups attached to an aromatic ring is 1. The van der Waals surface area contributed by atoms with Gasteiger partial charge < -0.3 is 0 Å². The van der Waals surface area contributed by atoms with Gasteiger partial charge >= 0.3 is 5.95 Å². The van der Waals surface area contributed by atoms with Gasteiger partial charge in [-0.1, -0.05) is 12.1 Å². The molecule has 0 bridgehead atoms. The van der Waals surface area contributed by atoms with Crippen molar-refractivity contribution in [2.24, 2.45) is 0 Å². The molecule has 0 aliphatic rings. The number of fused-ring (bicyclic) bond motifs is 1. The smallest absolute Gasteiger partial charge is 0.290 e. The largest absolute Gasteiger partial charge is 0.351 e. The molecule has 0 unspecified atom stereocenters. The van der Waals surface area contributed by atoms with E-state index in [1.54, 1.807) is 0 Å². The molecular formula is C7H8N3+. The summed E-state index contributed by atoms with van der Waals surface area (Å²) in [4.78, 5) is 5.96. The molecule has 0 aliphatic carbocycles. The van der Waals surface area contributed by atoms with E-state index < -0.39 is 0 Å². The van der Waals surface area contributed by atoms with E-state index in [4.69, 9.17) is 5.73 Å². The number of nitrogens with one attached hydrogen (secondary N) is 2. The van der Waals surface area contributed by atoms with Gasteiger partial charge in [0.1, 0.15) is 11.0 Å². The number of hydrogen-bond donors (Lipinski definition) is 2. The third kappa shape index (κ3) is 0.639. The van der Waals surface area contributed by atoms with Crippen LogP contribution in [0.1, 0.15) is 0 Å². The Morgan fingerprint density at radius 1 is 1.30 bits per heavy atom. The average molecular weight is 134 g/mol. The van der Waals surface area contributed by atoms with Crippen molar-refractivity contribution >= 4 is 17.0 Å². The fourth-order valence-corrected chi connectivity index (χ4v) is 1.02. The Morgan fingerprint density at radius 2 is 2.10 bits per heavy atom. The minimum Gasteiger partial charge on any atom is -0.290 e. The van der Waals surface area contributed by atoms with Crippen molar-refractivity contribution < 1.29 is 4.98 Å². The molecule has 3 nitrogen and oxygen atoms in total. The molecule has 2 rings (SSSR count). The van der Waals surface area contributed by atoms with Crippen LogP contribution in [0.3, 0.4) is 0 Å². The molecule has 0 fully saturated rings. The maximum Gasteiger partial charge on any atom is 0.351 e. The summed E-state index contributed by atoms with van der Waals surface area (Å²) in [6.07, 6.45) is 0. The van der Waals surface area contributed by atoms with Crippen molar-refractivity contribution in [3.63, 3.8) is 0 Å². The molecule has 50 valence electrons. The SMILES string of the molecule is Nc1[nH]c2ccccc2[nH+]1. The van der Waals surface area contributed by atoms with Crippen LogP contribution in [0.15, 0.2) is 24.3 Å². The molecule has 0 aliphatic heterocycles. The van der Waals surface area contributed by atoms with Crippen LogP contribution >= 0.6 is 0 Å². The summed E-state index contributed by atoms with van der Waals surface area (Å²) in [7, 11) is 0. The van der Waals surface area contributed by atoms with Gasteiger partial charge in [0, 0.05) is 0 Å². The Labute approximate surface area is 57.9 Å². The van der Waals surface area contributed by atoms with E-state index in [9.17, 15) is 0 Å². The summed E-state index contributed by atoms with van der Waals surface area (Å²) in [5, 5.41) is 0. The van der Waals surface area contributed by atoms with Gasteiger partial charge in [-0.15, -0.1) is 0 Å². The summed E-state index contributed by atoms with van der Waals surface area (Å²) in [6, 6.07) is 7.88. The van der Waals surface area contributed by atoms with Crippen LogP contribution in [0.4, 0.5) is 5.95 Å². The first-order valence-electron chi connectivity index (χ1n) is 3.12. The zero-order valence-corrected chi connectivity index (χ0v) is 5.39.